The Morgan fingerprint density at radius 1 is 1.11 bits per heavy atom. The second-order valence-electron chi connectivity index (χ2n) is 6.83. The molecule has 2 amide bonds. The first-order valence-corrected chi connectivity index (χ1v) is 9.46. The molecular formula is C19H18BrN5O2. The molecule has 0 fully saturated rings. The molecule has 138 valence electrons. The van der Waals surface area contributed by atoms with Gasteiger partial charge >= 0.3 is 0 Å². The minimum absolute atomic E-state index is 0.135. The number of carbonyl (C=O) groups excluding carboxylic acids is 2. The largest absolute Gasteiger partial charge is 0.365 e. The Morgan fingerprint density at radius 2 is 1.78 bits per heavy atom. The van der Waals surface area contributed by atoms with E-state index in [-0.39, 0.29) is 30.3 Å². The number of hydrogen-bond donors (Lipinski definition) is 1. The number of rotatable bonds is 5. The SMILES string of the molecule is CC(C)[C@@H](CN1C(=O)c2ccccc2C1=O)Nc1ccn2ncc(Br)c2n1. The van der Waals surface area contributed by atoms with Crippen LogP contribution in [0, 0.1) is 5.92 Å². The molecule has 1 aromatic carbocycles. The predicted molar refractivity (Wildman–Crippen MR) is 105 cm³/mol. The van der Waals surface area contributed by atoms with Gasteiger partial charge in [0, 0.05) is 18.8 Å². The van der Waals surface area contributed by atoms with Crippen molar-refractivity contribution in [2.75, 3.05) is 11.9 Å². The Hall–Kier alpha value is -2.74. The summed E-state index contributed by atoms with van der Waals surface area (Å²) in [6.45, 7) is 4.36. The van der Waals surface area contributed by atoms with Crippen LogP contribution in [-0.2, 0) is 0 Å². The summed E-state index contributed by atoms with van der Waals surface area (Å²) >= 11 is 3.43. The maximum atomic E-state index is 12.6. The van der Waals surface area contributed by atoms with Gasteiger partial charge in [0.05, 0.1) is 21.8 Å². The van der Waals surface area contributed by atoms with Gasteiger partial charge in [-0.05, 0) is 40.0 Å². The maximum Gasteiger partial charge on any atom is 0.261 e. The van der Waals surface area contributed by atoms with Crippen LogP contribution in [0.1, 0.15) is 34.6 Å². The zero-order chi connectivity index (χ0) is 19.1. The summed E-state index contributed by atoms with van der Waals surface area (Å²) in [5, 5.41) is 7.54. The zero-order valence-corrected chi connectivity index (χ0v) is 16.5. The van der Waals surface area contributed by atoms with Crippen molar-refractivity contribution in [1.82, 2.24) is 19.5 Å². The lowest BCUT2D eigenvalue weighted by Crippen LogP contribution is -2.42. The van der Waals surface area contributed by atoms with E-state index in [0.717, 1.165) is 4.47 Å². The molecule has 0 unspecified atom stereocenters. The predicted octanol–water partition coefficient (Wildman–Crippen LogP) is 3.22. The van der Waals surface area contributed by atoms with Crippen molar-refractivity contribution >= 4 is 39.2 Å². The highest BCUT2D eigenvalue weighted by Crippen LogP contribution is 2.24. The number of carbonyl (C=O) groups is 2. The van der Waals surface area contributed by atoms with E-state index in [1.54, 1.807) is 35.0 Å². The van der Waals surface area contributed by atoms with E-state index in [0.29, 0.717) is 22.6 Å². The molecule has 3 aromatic rings. The van der Waals surface area contributed by atoms with Crippen LogP contribution in [-0.4, -0.2) is 43.9 Å². The van der Waals surface area contributed by atoms with E-state index >= 15 is 0 Å². The van der Waals surface area contributed by atoms with Crippen LogP contribution in [0.25, 0.3) is 5.65 Å². The second kappa shape index (κ2) is 6.77. The quantitative estimate of drug-likeness (QED) is 0.632. The molecule has 1 aliphatic rings. The lowest BCUT2D eigenvalue weighted by atomic mass is 10.0. The summed E-state index contributed by atoms with van der Waals surface area (Å²) in [4.78, 5) is 31.2. The Morgan fingerprint density at radius 3 is 2.41 bits per heavy atom. The van der Waals surface area contributed by atoms with E-state index in [2.05, 4.69) is 31.3 Å². The number of amides is 2. The molecule has 0 saturated heterocycles. The average molecular weight is 428 g/mol. The van der Waals surface area contributed by atoms with E-state index in [9.17, 15) is 9.59 Å². The summed E-state index contributed by atoms with van der Waals surface area (Å²) in [6, 6.07) is 8.62. The molecule has 4 rings (SSSR count). The fourth-order valence-corrected chi connectivity index (χ4v) is 3.50. The Balaban J connectivity index is 1.57. The Kier molecular flexibility index (Phi) is 4.43. The Bertz CT molecular complexity index is 1010. The van der Waals surface area contributed by atoms with Crippen LogP contribution in [0.15, 0.2) is 47.2 Å². The number of benzene rings is 1. The Labute approximate surface area is 164 Å². The molecule has 0 spiro atoms. The summed E-state index contributed by atoms with van der Waals surface area (Å²) in [5.41, 5.74) is 1.63. The van der Waals surface area contributed by atoms with Crippen molar-refractivity contribution in [2.24, 2.45) is 5.92 Å². The third kappa shape index (κ3) is 3.10. The van der Waals surface area contributed by atoms with Crippen molar-refractivity contribution in [3.8, 4) is 0 Å². The molecule has 2 aromatic heterocycles. The number of halogens is 1. The third-order valence-electron chi connectivity index (χ3n) is 4.72. The van der Waals surface area contributed by atoms with E-state index in [1.807, 2.05) is 26.1 Å². The van der Waals surface area contributed by atoms with Gasteiger partial charge in [-0.3, -0.25) is 14.5 Å². The van der Waals surface area contributed by atoms with Crippen molar-refractivity contribution in [3.63, 3.8) is 0 Å². The van der Waals surface area contributed by atoms with Crippen LogP contribution >= 0.6 is 15.9 Å². The smallest absolute Gasteiger partial charge is 0.261 e. The average Bonchev–Trinajstić information content (AvgIpc) is 3.14. The maximum absolute atomic E-state index is 12.6. The van der Waals surface area contributed by atoms with Crippen molar-refractivity contribution < 1.29 is 9.59 Å². The number of nitrogens with one attached hydrogen (secondary N) is 1. The topological polar surface area (TPSA) is 79.6 Å². The molecule has 1 N–H and O–H groups in total. The third-order valence-corrected chi connectivity index (χ3v) is 5.28. The number of anilines is 1. The summed E-state index contributed by atoms with van der Waals surface area (Å²) in [7, 11) is 0. The van der Waals surface area contributed by atoms with Gasteiger partial charge < -0.3 is 5.32 Å². The van der Waals surface area contributed by atoms with Gasteiger partial charge in [-0.2, -0.15) is 5.10 Å². The van der Waals surface area contributed by atoms with Gasteiger partial charge in [0.15, 0.2) is 5.65 Å². The van der Waals surface area contributed by atoms with Gasteiger partial charge in [0.1, 0.15) is 5.82 Å². The number of nitrogens with zero attached hydrogens (tertiary/aromatic N) is 4. The lowest BCUT2D eigenvalue weighted by Gasteiger charge is -2.27. The number of hydrogen-bond acceptors (Lipinski definition) is 5. The van der Waals surface area contributed by atoms with Crippen LogP contribution in [0.4, 0.5) is 5.82 Å². The number of imide groups is 1. The monoisotopic (exact) mass is 427 g/mol. The van der Waals surface area contributed by atoms with Gasteiger partial charge in [0.2, 0.25) is 0 Å². The molecule has 7 nitrogen and oxygen atoms in total. The van der Waals surface area contributed by atoms with Crippen LogP contribution in [0.3, 0.4) is 0 Å². The highest BCUT2D eigenvalue weighted by Gasteiger charge is 2.36. The molecule has 1 aliphatic heterocycles. The van der Waals surface area contributed by atoms with Crippen molar-refractivity contribution in [1.29, 1.82) is 0 Å². The molecular weight excluding hydrogens is 410 g/mol. The lowest BCUT2D eigenvalue weighted by molar-refractivity contribution is 0.0641. The highest BCUT2D eigenvalue weighted by molar-refractivity contribution is 9.10. The van der Waals surface area contributed by atoms with E-state index in [1.165, 1.54) is 4.90 Å². The summed E-state index contributed by atoms with van der Waals surface area (Å²) < 4.78 is 2.47. The summed E-state index contributed by atoms with van der Waals surface area (Å²) in [6.07, 6.45) is 3.50. The zero-order valence-electron chi connectivity index (χ0n) is 14.9. The molecule has 3 heterocycles. The molecule has 8 heteroatoms. The van der Waals surface area contributed by atoms with Crippen molar-refractivity contribution in [3.05, 3.63) is 58.3 Å². The minimum Gasteiger partial charge on any atom is -0.365 e. The van der Waals surface area contributed by atoms with Crippen LogP contribution in [0.5, 0.6) is 0 Å². The van der Waals surface area contributed by atoms with Gasteiger partial charge in [0.25, 0.3) is 11.8 Å². The first-order chi connectivity index (χ1) is 13.0. The normalized spacial score (nSPS) is 14.9. The molecule has 0 radical (unpaired) electrons. The second-order valence-corrected chi connectivity index (χ2v) is 7.69. The minimum atomic E-state index is -0.245. The molecule has 0 bridgehead atoms. The molecule has 0 aliphatic carbocycles. The molecule has 27 heavy (non-hydrogen) atoms. The fraction of sp³-hybridized carbons (Fsp3) is 0.263. The van der Waals surface area contributed by atoms with Gasteiger partial charge in [-0.25, -0.2) is 9.50 Å². The standard InChI is InChI=1S/C19H18BrN5O2/c1-11(2)15(22-16-7-8-25-17(23-16)14(20)9-21-25)10-24-18(26)12-5-3-4-6-13(12)19(24)27/h3-9,11,15H,10H2,1-2H3,(H,22,23)/t15-/m1/s1. The van der Waals surface area contributed by atoms with Crippen LogP contribution in [0.2, 0.25) is 0 Å². The van der Waals surface area contributed by atoms with E-state index in [4.69, 9.17) is 0 Å². The van der Waals surface area contributed by atoms with Crippen LogP contribution < -0.4 is 5.32 Å². The molecule has 1 atom stereocenters. The number of aromatic nitrogens is 3. The van der Waals surface area contributed by atoms with Gasteiger partial charge in [-0.15, -0.1) is 0 Å². The fourth-order valence-electron chi connectivity index (χ4n) is 3.14. The molecule has 0 saturated carbocycles. The summed E-state index contributed by atoms with van der Waals surface area (Å²) in [5.74, 6) is 0.356. The first-order valence-electron chi connectivity index (χ1n) is 8.67. The van der Waals surface area contributed by atoms with Gasteiger partial charge in [-0.1, -0.05) is 26.0 Å². The van der Waals surface area contributed by atoms with Crippen molar-refractivity contribution in [2.45, 2.75) is 19.9 Å². The highest BCUT2D eigenvalue weighted by atomic mass is 79.9. The van der Waals surface area contributed by atoms with E-state index < -0.39 is 0 Å². The first kappa shape index (κ1) is 17.7. The number of fused-ring (bicyclic) bond motifs is 2.